The normalized spacial score (nSPS) is 25.2. The van der Waals surface area contributed by atoms with Crippen LogP contribution in [0.5, 0.6) is 0 Å². The summed E-state index contributed by atoms with van der Waals surface area (Å²) in [7, 11) is 0. The summed E-state index contributed by atoms with van der Waals surface area (Å²) in [5.74, 6) is 1.46. The van der Waals surface area contributed by atoms with Gasteiger partial charge in [0, 0.05) is 37.2 Å². The third-order valence-electron chi connectivity index (χ3n) is 6.47. The van der Waals surface area contributed by atoms with Crippen molar-refractivity contribution < 1.29 is 4.79 Å². The number of anilines is 1. The van der Waals surface area contributed by atoms with Crippen LogP contribution >= 0.6 is 0 Å². The number of para-hydroxylation sites is 1. The van der Waals surface area contributed by atoms with E-state index in [0.717, 1.165) is 32.4 Å². The maximum atomic E-state index is 12.4. The van der Waals surface area contributed by atoms with E-state index in [1.807, 2.05) is 0 Å². The first kappa shape index (κ1) is 15.9. The van der Waals surface area contributed by atoms with Gasteiger partial charge in [0.2, 0.25) is 5.91 Å². The molecule has 3 unspecified atom stereocenters. The zero-order valence-electron chi connectivity index (χ0n) is 15.2. The number of fused-ring (bicyclic) bond motifs is 4. The van der Waals surface area contributed by atoms with E-state index in [2.05, 4.69) is 58.7 Å². The Bertz CT molecular complexity index is 830. The maximum Gasteiger partial charge on any atom is 0.220 e. The van der Waals surface area contributed by atoms with E-state index in [9.17, 15) is 4.79 Å². The van der Waals surface area contributed by atoms with Crippen molar-refractivity contribution >= 4 is 11.6 Å². The zero-order chi connectivity index (χ0) is 17.5. The van der Waals surface area contributed by atoms with E-state index in [0.29, 0.717) is 24.3 Å². The fraction of sp³-hybridized carbons (Fsp3) is 0.435. The summed E-state index contributed by atoms with van der Waals surface area (Å²) in [6.07, 6.45) is 5.08. The fourth-order valence-electron chi connectivity index (χ4n) is 5.09. The Morgan fingerprint density at radius 2 is 1.85 bits per heavy atom. The highest BCUT2D eigenvalue weighted by Gasteiger charge is 2.53. The molecule has 1 saturated carbocycles. The van der Waals surface area contributed by atoms with E-state index < -0.39 is 0 Å². The number of hydrogen-bond donors (Lipinski definition) is 1. The molecule has 0 aromatic heterocycles. The Balaban J connectivity index is 1.12. The minimum atomic E-state index is 0.231. The van der Waals surface area contributed by atoms with Crippen LogP contribution in [0.1, 0.15) is 41.9 Å². The van der Waals surface area contributed by atoms with Gasteiger partial charge in [-0.2, -0.15) is 0 Å². The molecular weight excluding hydrogens is 320 g/mol. The van der Waals surface area contributed by atoms with Gasteiger partial charge in [-0.1, -0.05) is 42.5 Å². The topological polar surface area (TPSA) is 32.3 Å². The fourth-order valence-corrected chi connectivity index (χ4v) is 5.09. The van der Waals surface area contributed by atoms with E-state index in [4.69, 9.17) is 0 Å². The van der Waals surface area contributed by atoms with Crippen LogP contribution in [-0.2, 0) is 17.6 Å². The minimum absolute atomic E-state index is 0.231. The van der Waals surface area contributed by atoms with Crippen molar-refractivity contribution in [2.24, 2.45) is 5.92 Å². The molecule has 1 N–H and O–H groups in total. The molecule has 0 bridgehead atoms. The summed E-state index contributed by atoms with van der Waals surface area (Å²) in [5, 5.41) is 3.32. The number of rotatable bonds is 5. The number of benzene rings is 2. The van der Waals surface area contributed by atoms with Crippen molar-refractivity contribution in [1.29, 1.82) is 0 Å². The summed E-state index contributed by atoms with van der Waals surface area (Å²) < 4.78 is 0. The molecule has 3 atom stereocenters. The number of carbonyl (C=O) groups excluding carboxylic acids is 1. The predicted molar refractivity (Wildman–Crippen MR) is 105 cm³/mol. The van der Waals surface area contributed by atoms with Crippen LogP contribution < -0.4 is 10.2 Å². The SMILES string of the molecule is O=C(CCCN1CCc2ccccc21)NC1C2CCc3ccccc3C21. The van der Waals surface area contributed by atoms with Crippen LogP contribution in [0.25, 0.3) is 0 Å². The van der Waals surface area contributed by atoms with E-state index in [-0.39, 0.29) is 5.91 Å². The van der Waals surface area contributed by atoms with Gasteiger partial charge in [-0.3, -0.25) is 4.79 Å². The highest BCUT2D eigenvalue weighted by Crippen LogP contribution is 2.54. The smallest absolute Gasteiger partial charge is 0.220 e. The Kier molecular flexibility index (Phi) is 3.96. The van der Waals surface area contributed by atoms with Crippen molar-refractivity contribution in [2.75, 3.05) is 18.0 Å². The van der Waals surface area contributed by atoms with Crippen molar-refractivity contribution in [3.8, 4) is 0 Å². The second-order valence-corrected chi connectivity index (χ2v) is 7.99. The zero-order valence-corrected chi connectivity index (χ0v) is 15.2. The lowest BCUT2D eigenvalue weighted by Gasteiger charge is -2.19. The van der Waals surface area contributed by atoms with Gasteiger partial charge in [0.15, 0.2) is 0 Å². The molecule has 2 aromatic carbocycles. The highest BCUT2D eigenvalue weighted by atomic mass is 16.1. The lowest BCUT2D eigenvalue weighted by atomic mass is 9.92. The second kappa shape index (κ2) is 6.46. The average molecular weight is 346 g/mol. The first-order chi connectivity index (χ1) is 12.8. The Hall–Kier alpha value is -2.29. The molecule has 3 heteroatoms. The van der Waals surface area contributed by atoms with Gasteiger partial charge in [-0.25, -0.2) is 0 Å². The second-order valence-electron chi connectivity index (χ2n) is 7.99. The van der Waals surface area contributed by atoms with Crippen LogP contribution in [-0.4, -0.2) is 25.0 Å². The van der Waals surface area contributed by atoms with Crippen LogP contribution in [0.3, 0.4) is 0 Å². The minimum Gasteiger partial charge on any atom is -0.371 e. The molecule has 1 fully saturated rings. The first-order valence-electron chi connectivity index (χ1n) is 10.0. The van der Waals surface area contributed by atoms with Crippen molar-refractivity contribution in [3.05, 3.63) is 65.2 Å². The van der Waals surface area contributed by atoms with Gasteiger partial charge in [-0.05, 0) is 54.4 Å². The molecule has 134 valence electrons. The highest BCUT2D eigenvalue weighted by molar-refractivity contribution is 5.77. The van der Waals surface area contributed by atoms with Crippen molar-refractivity contribution in [2.45, 2.75) is 44.1 Å². The molecule has 3 nitrogen and oxygen atoms in total. The first-order valence-corrected chi connectivity index (χ1v) is 10.0. The van der Waals surface area contributed by atoms with Gasteiger partial charge >= 0.3 is 0 Å². The maximum absolute atomic E-state index is 12.4. The van der Waals surface area contributed by atoms with Crippen molar-refractivity contribution in [1.82, 2.24) is 5.32 Å². The van der Waals surface area contributed by atoms with Crippen LogP contribution in [0, 0.1) is 5.92 Å². The monoisotopic (exact) mass is 346 g/mol. The molecule has 5 rings (SSSR count). The molecule has 1 heterocycles. The number of nitrogens with zero attached hydrogens (tertiary/aromatic N) is 1. The predicted octanol–water partition coefficient (Wildman–Crippen LogP) is 3.67. The summed E-state index contributed by atoms with van der Waals surface area (Å²) in [5.41, 5.74) is 5.76. The van der Waals surface area contributed by atoms with E-state index in [1.165, 1.54) is 28.8 Å². The van der Waals surface area contributed by atoms with Crippen LogP contribution in [0.2, 0.25) is 0 Å². The van der Waals surface area contributed by atoms with Gasteiger partial charge < -0.3 is 10.2 Å². The van der Waals surface area contributed by atoms with Gasteiger partial charge in [0.25, 0.3) is 0 Å². The number of hydrogen-bond acceptors (Lipinski definition) is 2. The lowest BCUT2D eigenvalue weighted by molar-refractivity contribution is -0.121. The largest absolute Gasteiger partial charge is 0.371 e. The summed E-state index contributed by atoms with van der Waals surface area (Å²) in [6.45, 7) is 2.06. The Morgan fingerprint density at radius 3 is 2.77 bits per heavy atom. The molecule has 1 amide bonds. The quantitative estimate of drug-likeness (QED) is 0.896. The summed E-state index contributed by atoms with van der Waals surface area (Å²) >= 11 is 0. The van der Waals surface area contributed by atoms with Gasteiger partial charge in [-0.15, -0.1) is 0 Å². The summed E-state index contributed by atoms with van der Waals surface area (Å²) in [4.78, 5) is 14.9. The van der Waals surface area contributed by atoms with Gasteiger partial charge in [0.1, 0.15) is 0 Å². The Labute approximate surface area is 155 Å². The van der Waals surface area contributed by atoms with Crippen LogP contribution in [0.4, 0.5) is 5.69 Å². The van der Waals surface area contributed by atoms with Crippen molar-refractivity contribution in [3.63, 3.8) is 0 Å². The Morgan fingerprint density at radius 1 is 1.04 bits per heavy atom. The molecule has 1 aliphatic heterocycles. The molecule has 0 spiro atoms. The molecule has 0 radical (unpaired) electrons. The molecule has 2 aliphatic carbocycles. The average Bonchev–Trinajstić information content (AvgIpc) is 3.22. The standard InChI is InChI=1S/C23H26N2O/c26-21(10-5-14-25-15-13-17-7-2-4-9-20(17)25)24-23-19-12-11-16-6-1-3-8-18(16)22(19)23/h1-4,6-9,19,22-23H,5,10-15H2,(H,24,26). The molecule has 3 aliphatic rings. The van der Waals surface area contributed by atoms with E-state index in [1.54, 1.807) is 0 Å². The molecule has 0 saturated heterocycles. The number of amides is 1. The summed E-state index contributed by atoms with van der Waals surface area (Å²) in [6, 6.07) is 17.8. The number of nitrogens with one attached hydrogen (secondary N) is 1. The molecule has 26 heavy (non-hydrogen) atoms. The third-order valence-corrected chi connectivity index (χ3v) is 6.47. The third kappa shape index (κ3) is 2.80. The molecular formula is C23H26N2O. The number of carbonyl (C=O) groups is 1. The molecule has 2 aromatic rings. The van der Waals surface area contributed by atoms with Crippen LogP contribution in [0.15, 0.2) is 48.5 Å². The van der Waals surface area contributed by atoms with Gasteiger partial charge in [0.05, 0.1) is 0 Å². The lowest BCUT2D eigenvalue weighted by Crippen LogP contribution is -2.29. The van der Waals surface area contributed by atoms with E-state index >= 15 is 0 Å². The number of aryl methyl sites for hydroxylation is 1.